The van der Waals surface area contributed by atoms with Gasteiger partial charge >= 0.3 is 6.18 Å². The molecule has 0 aromatic heterocycles. The van der Waals surface area contributed by atoms with E-state index in [-0.39, 0.29) is 29.7 Å². The minimum atomic E-state index is -4.36. The Kier molecular flexibility index (Phi) is 5.25. The third-order valence-electron chi connectivity index (χ3n) is 5.20. The Morgan fingerprint density at radius 3 is 2.12 bits per heavy atom. The molecule has 2 aliphatic rings. The van der Waals surface area contributed by atoms with Crippen molar-refractivity contribution >= 4 is 11.8 Å². The maximum atomic E-state index is 12.6. The molecule has 1 N–H and O–H groups in total. The van der Waals surface area contributed by atoms with E-state index in [9.17, 15) is 22.8 Å². The van der Waals surface area contributed by atoms with Crippen molar-refractivity contribution < 1.29 is 22.8 Å². The molecule has 1 aliphatic carbocycles. The fraction of sp³-hybridized carbons (Fsp3) is 0.579. The van der Waals surface area contributed by atoms with Gasteiger partial charge in [0.1, 0.15) is 0 Å². The molecule has 0 spiro atoms. The number of carbonyl (C=O) groups excluding carboxylic acids is 2. The van der Waals surface area contributed by atoms with Crippen LogP contribution in [0.1, 0.15) is 49.8 Å². The number of amides is 2. The first-order valence-electron chi connectivity index (χ1n) is 9.02. The Morgan fingerprint density at radius 2 is 1.62 bits per heavy atom. The Bertz CT molecular complexity index is 660. The fourth-order valence-corrected chi connectivity index (χ4v) is 3.33. The SMILES string of the molecule is C[C@@H](NC(=O)C1CCN(C(=O)C2CC2)CC1)c1ccc(C(F)(F)F)cc1. The first-order valence-corrected chi connectivity index (χ1v) is 9.02. The predicted molar refractivity (Wildman–Crippen MR) is 90.0 cm³/mol. The summed E-state index contributed by atoms with van der Waals surface area (Å²) in [4.78, 5) is 26.3. The Morgan fingerprint density at radius 1 is 1.04 bits per heavy atom. The number of carbonyl (C=O) groups is 2. The summed E-state index contributed by atoms with van der Waals surface area (Å²) in [5.41, 5.74) is -0.0693. The number of benzene rings is 1. The number of hydrogen-bond acceptors (Lipinski definition) is 2. The van der Waals surface area contributed by atoms with Crippen LogP contribution in [0.25, 0.3) is 0 Å². The van der Waals surface area contributed by atoms with E-state index in [1.165, 1.54) is 12.1 Å². The number of piperidine rings is 1. The normalized spacial score (nSPS) is 19.9. The van der Waals surface area contributed by atoms with E-state index in [1.807, 2.05) is 4.90 Å². The van der Waals surface area contributed by atoms with E-state index in [0.717, 1.165) is 25.0 Å². The molecular weight excluding hydrogens is 345 g/mol. The van der Waals surface area contributed by atoms with E-state index in [2.05, 4.69) is 5.32 Å². The minimum absolute atomic E-state index is 0.101. The zero-order chi connectivity index (χ0) is 18.9. The van der Waals surface area contributed by atoms with Crippen LogP contribution in [0.5, 0.6) is 0 Å². The highest BCUT2D eigenvalue weighted by Crippen LogP contribution is 2.33. The van der Waals surface area contributed by atoms with Crippen LogP contribution >= 0.6 is 0 Å². The molecule has 0 radical (unpaired) electrons. The predicted octanol–water partition coefficient (Wildman–Crippen LogP) is 3.53. The van der Waals surface area contributed by atoms with Gasteiger partial charge in [0, 0.05) is 24.9 Å². The van der Waals surface area contributed by atoms with Crippen LogP contribution in [0.15, 0.2) is 24.3 Å². The third-order valence-corrected chi connectivity index (χ3v) is 5.20. The van der Waals surface area contributed by atoms with Crippen molar-refractivity contribution in [2.75, 3.05) is 13.1 Å². The van der Waals surface area contributed by atoms with Gasteiger partial charge in [-0.15, -0.1) is 0 Å². The van der Waals surface area contributed by atoms with Gasteiger partial charge in [0.15, 0.2) is 0 Å². The number of alkyl halides is 3. The number of nitrogens with one attached hydrogen (secondary N) is 1. The second-order valence-electron chi connectivity index (χ2n) is 7.22. The molecule has 1 atom stereocenters. The fourth-order valence-electron chi connectivity index (χ4n) is 3.33. The lowest BCUT2D eigenvalue weighted by molar-refractivity contribution is -0.137. The van der Waals surface area contributed by atoms with Gasteiger partial charge in [-0.05, 0) is 50.3 Å². The quantitative estimate of drug-likeness (QED) is 0.884. The summed E-state index contributed by atoms with van der Waals surface area (Å²) >= 11 is 0. The smallest absolute Gasteiger partial charge is 0.349 e. The highest BCUT2D eigenvalue weighted by atomic mass is 19.4. The van der Waals surface area contributed by atoms with Crippen molar-refractivity contribution in [2.24, 2.45) is 11.8 Å². The molecule has 26 heavy (non-hydrogen) atoms. The zero-order valence-electron chi connectivity index (χ0n) is 14.7. The molecule has 7 heteroatoms. The monoisotopic (exact) mass is 368 g/mol. The van der Waals surface area contributed by atoms with Crippen molar-refractivity contribution in [3.63, 3.8) is 0 Å². The first kappa shape index (κ1) is 18.7. The molecular formula is C19H23F3N2O2. The molecule has 1 aromatic rings. The van der Waals surface area contributed by atoms with Gasteiger partial charge in [-0.2, -0.15) is 13.2 Å². The van der Waals surface area contributed by atoms with Crippen LogP contribution in [0.4, 0.5) is 13.2 Å². The average molecular weight is 368 g/mol. The summed E-state index contributed by atoms with van der Waals surface area (Å²) in [7, 11) is 0. The second-order valence-corrected chi connectivity index (χ2v) is 7.22. The van der Waals surface area contributed by atoms with E-state index in [1.54, 1.807) is 6.92 Å². The van der Waals surface area contributed by atoms with Gasteiger partial charge < -0.3 is 10.2 Å². The molecule has 2 fully saturated rings. The molecule has 2 amide bonds. The Balaban J connectivity index is 1.50. The Hall–Kier alpha value is -2.05. The second kappa shape index (κ2) is 7.29. The number of halogens is 3. The van der Waals surface area contributed by atoms with Crippen molar-refractivity contribution in [1.82, 2.24) is 10.2 Å². The number of nitrogens with zero attached hydrogens (tertiary/aromatic N) is 1. The van der Waals surface area contributed by atoms with Crippen LogP contribution in [-0.4, -0.2) is 29.8 Å². The molecule has 1 saturated heterocycles. The van der Waals surface area contributed by atoms with Gasteiger partial charge in [0.25, 0.3) is 0 Å². The number of likely N-dealkylation sites (tertiary alicyclic amines) is 1. The first-order chi connectivity index (χ1) is 12.3. The lowest BCUT2D eigenvalue weighted by Crippen LogP contribution is -2.44. The van der Waals surface area contributed by atoms with E-state index >= 15 is 0 Å². The highest BCUT2D eigenvalue weighted by Gasteiger charge is 2.36. The number of rotatable bonds is 4. The topological polar surface area (TPSA) is 49.4 Å². The standard InChI is InChI=1S/C19H23F3N2O2/c1-12(13-4-6-16(7-5-13)19(20,21)22)23-17(25)14-8-10-24(11-9-14)18(26)15-2-3-15/h4-7,12,14-15H,2-3,8-11H2,1H3,(H,23,25)/t12-/m1/s1. The average Bonchev–Trinajstić information content (AvgIpc) is 3.45. The Labute approximate surface area is 150 Å². The third kappa shape index (κ3) is 4.37. The number of hydrogen-bond donors (Lipinski definition) is 1. The van der Waals surface area contributed by atoms with Gasteiger partial charge in [-0.3, -0.25) is 9.59 Å². The van der Waals surface area contributed by atoms with E-state index in [0.29, 0.717) is 31.5 Å². The van der Waals surface area contributed by atoms with Crippen molar-refractivity contribution in [3.05, 3.63) is 35.4 Å². The minimum Gasteiger partial charge on any atom is -0.349 e. The van der Waals surface area contributed by atoms with Crippen molar-refractivity contribution in [1.29, 1.82) is 0 Å². The molecule has 0 bridgehead atoms. The maximum Gasteiger partial charge on any atom is 0.416 e. The van der Waals surface area contributed by atoms with Crippen LogP contribution in [0, 0.1) is 11.8 Å². The van der Waals surface area contributed by atoms with Crippen LogP contribution in [0.3, 0.4) is 0 Å². The van der Waals surface area contributed by atoms with Crippen LogP contribution in [-0.2, 0) is 15.8 Å². The van der Waals surface area contributed by atoms with Crippen molar-refractivity contribution in [3.8, 4) is 0 Å². The summed E-state index contributed by atoms with van der Waals surface area (Å²) in [5, 5.41) is 2.88. The summed E-state index contributed by atoms with van der Waals surface area (Å²) in [6, 6.07) is 4.48. The lowest BCUT2D eigenvalue weighted by atomic mass is 9.94. The maximum absolute atomic E-state index is 12.6. The summed E-state index contributed by atoms with van der Waals surface area (Å²) in [6.07, 6.45) is -1.15. The molecule has 0 unspecified atom stereocenters. The summed E-state index contributed by atoms with van der Waals surface area (Å²) < 4.78 is 37.9. The molecule has 3 rings (SSSR count). The van der Waals surface area contributed by atoms with Crippen molar-refractivity contribution in [2.45, 2.75) is 44.8 Å². The molecule has 142 valence electrons. The van der Waals surface area contributed by atoms with E-state index in [4.69, 9.17) is 0 Å². The summed E-state index contributed by atoms with van der Waals surface area (Å²) in [6.45, 7) is 2.95. The molecule has 1 saturated carbocycles. The lowest BCUT2D eigenvalue weighted by Gasteiger charge is -2.32. The molecule has 1 aliphatic heterocycles. The molecule has 4 nitrogen and oxygen atoms in total. The van der Waals surface area contributed by atoms with Gasteiger partial charge in [-0.25, -0.2) is 0 Å². The zero-order valence-corrected chi connectivity index (χ0v) is 14.7. The highest BCUT2D eigenvalue weighted by molar-refractivity contribution is 5.82. The van der Waals surface area contributed by atoms with Gasteiger partial charge in [-0.1, -0.05) is 12.1 Å². The molecule has 1 heterocycles. The van der Waals surface area contributed by atoms with Crippen LogP contribution in [0.2, 0.25) is 0 Å². The molecule has 1 aromatic carbocycles. The van der Waals surface area contributed by atoms with E-state index < -0.39 is 11.7 Å². The van der Waals surface area contributed by atoms with Crippen LogP contribution < -0.4 is 5.32 Å². The van der Waals surface area contributed by atoms with Gasteiger partial charge in [0.2, 0.25) is 11.8 Å². The van der Waals surface area contributed by atoms with Gasteiger partial charge in [0.05, 0.1) is 11.6 Å². The largest absolute Gasteiger partial charge is 0.416 e. The summed E-state index contributed by atoms with van der Waals surface area (Å²) in [5.74, 6) is 0.146.